The Kier molecular flexibility index (Phi) is 7.45. The Morgan fingerprint density at radius 1 is 1.15 bits per heavy atom. The Hall–Kier alpha value is -2.08. The van der Waals surface area contributed by atoms with Crippen molar-refractivity contribution in [3.63, 3.8) is 0 Å². The van der Waals surface area contributed by atoms with Crippen LogP contribution in [-0.2, 0) is 14.3 Å². The maximum Gasteiger partial charge on any atom is 0.325 e. The van der Waals surface area contributed by atoms with E-state index in [0.29, 0.717) is 22.4 Å². The van der Waals surface area contributed by atoms with Crippen molar-refractivity contribution in [2.24, 2.45) is 11.8 Å². The van der Waals surface area contributed by atoms with E-state index < -0.39 is 11.9 Å². The van der Waals surface area contributed by atoms with Gasteiger partial charge in [0, 0.05) is 16.6 Å². The van der Waals surface area contributed by atoms with Gasteiger partial charge in [-0.05, 0) is 42.5 Å². The Bertz CT molecular complexity index is 647. The highest BCUT2D eigenvalue weighted by atomic mass is 35.5. The van der Waals surface area contributed by atoms with Crippen LogP contribution in [0.5, 0.6) is 0 Å². The van der Waals surface area contributed by atoms with E-state index in [-0.39, 0.29) is 25.1 Å². The van der Waals surface area contributed by atoms with Gasteiger partial charge in [0.2, 0.25) is 0 Å². The fourth-order valence-corrected chi connectivity index (χ4v) is 3.21. The summed E-state index contributed by atoms with van der Waals surface area (Å²) in [5, 5.41) is 5.90. The molecule has 0 heterocycles. The molecule has 1 aromatic carbocycles. The second-order valence-electron chi connectivity index (χ2n) is 6.79. The normalized spacial score (nSPS) is 22.3. The van der Waals surface area contributed by atoms with Gasteiger partial charge in [0.1, 0.15) is 6.54 Å². The molecule has 1 saturated carbocycles. The van der Waals surface area contributed by atoms with Crippen LogP contribution in [-0.4, -0.2) is 37.0 Å². The van der Waals surface area contributed by atoms with Crippen LogP contribution < -0.4 is 10.6 Å². The maximum atomic E-state index is 12.0. The summed E-state index contributed by atoms with van der Waals surface area (Å²) in [6, 6.07) is 6.42. The molecule has 2 amide bonds. The average Bonchev–Trinajstić information content (AvgIpc) is 2.62. The third kappa shape index (κ3) is 6.02. The van der Waals surface area contributed by atoms with Gasteiger partial charge >= 0.3 is 5.97 Å². The van der Waals surface area contributed by atoms with Gasteiger partial charge < -0.3 is 15.4 Å². The summed E-state index contributed by atoms with van der Waals surface area (Å²) in [6.07, 6.45) is 3.21. The SMILES string of the molecule is C[C@@H]1[C@H](C)CCC[C@@H]1NC(=O)COC(=O)CNC(=O)c1ccc(Cl)cc1. The van der Waals surface area contributed by atoms with Crippen LogP contribution in [0, 0.1) is 11.8 Å². The second-order valence-corrected chi connectivity index (χ2v) is 7.23. The van der Waals surface area contributed by atoms with Crippen molar-refractivity contribution in [1.82, 2.24) is 10.6 Å². The van der Waals surface area contributed by atoms with Crippen LogP contribution >= 0.6 is 11.6 Å². The van der Waals surface area contributed by atoms with Crippen molar-refractivity contribution in [2.75, 3.05) is 13.2 Å². The first-order chi connectivity index (χ1) is 12.4. The van der Waals surface area contributed by atoms with Crippen molar-refractivity contribution in [3.05, 3.63) is 34.9 Å². The van der Waals surface area contributed by atoms with Crippen LogP contribution in [0.1, 0.15) is 43.5 Å². The van der Waals surface area contributed by atoms with E-state index in [9.17, 15) is 14.4 Å². The van der Waals surface area contributed by atoms with Crippen molar-refractivity contribution in [3.8, 4) is 0 Å². The molecule has 26 heavy (non-hydrogen) atoms. The topological polar surface area (TPSA) is 84.5 Å². The zero-order valence-corrected chi connectivity index (χ0v) is 15.8. The second kappa shape index (κ2) is 9.57. The Labute approximate surface area is 158 Å². The van der Waals surface area contributed by atoms with Crippen LogP contribution in [0.15, 0.2) is 24.3 Å². The number of benzene rings is 1. The number of rotatable bonds is 6. The van der Waals surface area contributed by atoms with E-state index in [2.05, 4.69) is 24.5 Å². The molecule has 0 spiro atoms. The Morgan fingerprint density at radius 3 is 2.54 bits per heavy atom. The van der Waals surface area contributed by atoms with Gasteiger partial charge in [-0.15, -0.1) is 0 Å². The first-order valence-electron chi connectivity index (χ1n) is 8.85. The first-order valence-corrected chi connectivity index (χ1v) is 9.23. The number of amides is 2. The molecular weight excluding hydrogens is 356 g/mol. The summed E-state index contributed by atoms with van der Waals surface area (Å²) in [6.45, 7) is 3.68. The molecule has 2 N–H and O–H groups in total. The fourth-order valence-electron chi connectivity index (χ4n) is 3.09. The highest BCUT2D eigenvalue weighted by molar-refractivity contribution is 6.30. The van der Waals surface area contributed by atoms with Gasteiger partial charge in [0.05, 0.1) is 0 Å². The summed E-state index contributed by atoms with van der Waals surface area (Å²) in [5.41, 5.74) is 0.389. The first kappa shape index (κ1) is 20.2. The molecule has 3 atom stereocenters. The van der Waals surface area contributed by atoms with E-state index in [1.165, 1.54) is 6.42 Å². The average molecular weight is 381 g/mol. The predicted octanol–water partition coefficient (Wildman–Crippen LogP) is 2.55. The van der Waals surface area contributed by atoms with E-state index in [1.807, 2.05) is 0 Å². The monoisotopic (exact) mass is 380 g/mol. The summed E-state index contributed by atoms with van der Waals surface area (Å²) in [7, 11) is 0. The van der Waals surface area contributed by atoms with Gasteiger partial charge in [-0.25, -0.2) is 0 Å². The molecule has 1 aliphatic rings. The molecule has 1 aliphatic carbocycles. The Morgan fingerprint density at radius 2 is 1.85 bits per heavy atom. The summed E-state index contributed by atoms with van der Waals surface area (Å²) >= 11 is 5.76. The van der Waals surface area contributed by atoms with Crippen LogP contribution in [0.2, 0.25) is 5.02 Å². The van der Waals surface area contributed by atoms with E-state index in [1.54, 1.807) is 24.3 Å². The van der Waals surface area contributed by atoms with Crippen LogP contribution in [0.25, 0.3) is 0 Å². The van der Waals surface area contributed by atoms with Crippen molar-refractivity contribution >= 4 is 29.4 Å². The molecule has 0 saturated heterocycles. The molecule has 6 nitrogen and oxygen atoms in total. The van der Waals surface area contributed by atoms with Gasteiger partial charge in [0.25, 0.3) is 11.8 Å². The van der Waals surface area contributed by atoms with E-state index >= 15 is 0 Å². The summed E-state index contributed by atoms with van der Waals surface area (Å²) < 4.78 is 4.93. The van der Waals surface area contributed by atoms with Gasteiger partial charge in [-0.3, -0.25) is 14.4 Å². The number of hydrogen-bond donors (Lipinski definition) is 2. The molecule has 0 bridgehead atoms. The summed E-state index contributed by atoms with van der Waals surface area (Å²) in [4.78, 5) is 35.6. The number of hydrogen-bond acceptors (Lipinski definition) is 4. The molecule has 1 fully saturated rings. The lowest BCUT2D eigenvalue weighted by atomic mass is 9.78. The van der Waals surface area contributed by atoms with E-state index in [4.69, 9.17) is 16.3 Å². The molecule has 0 aromatic heterocycles. The smallest absolute Gasteiger partial charge is 0.325 e. The van der Waals surface area contributed by atoms with Gasteiger partial charge in [-0.1, -0.05) is 38.3 Å². The minimum Gasteiger partial charge on any atom is -0.454 e. The third-order valence-electron chi connectivity index (χ3n) is 4.92. The lowest BCUT2D eigenvalue weighted by Gasteiger charge is -2.34. The van der Waals surface area contributed by atoms with Gasteiger partial charge in [0.15, 0.2) is 6.61 Å². The lowest BCUT2D eigenvalue weighted by molar-refractivity contribution is -0.147. The number of carbonyl (C=O) groups excluding carboxylic acids is 3. The predicted molar refractivity (Wildman–Crippen MR) is 98.9 cm³/mol. The molecule has 0 aliphatic heterocycles. The minimum atomic E-state index is -0.660. The largest absolute Gasteiger partial charge is 0.454 e. The molecule has 2 rings (SSSR count). The molecule has 142 valence electrons. The number of ether oxygens (including phenoxy) is 1. The zero-order chi connectivity index (χ0) is 19.1. The van der Waals surface area contributed by atoms with E-state index in [0.717, 1.165) is 12.8 Å². The quantitative estimate of drug-likeness (QED) is 0.743. The number of nitrogens with one attached hydrogen (secondary N) is 2. The third-order valence-corrected chi connectivity index (χ3v) is 5.17. The minimum absolute atomic E-state index is 0.120. The van der Waals surface area contributed by atoms with Crippen molar-refractivity contribution in [2.45, 2.75) is 39.2 Å². The van der Waals surface area contributed by atoms with Crippen LogP contribution in [0.3, 0.4) is 0 Å². The highest BCUT2D eigenvalue weighted by Crippen LogP contribution is 2.29. The number of carbonyl (C=O) groups is 3. The molecular formula is C19H25ClN2O4. The highest BCUT2D eigenvalue weighted by Gasteiger charge is 2.28. The number of esters is 1. The molecule has 0 radical (unpaired) electrons. The zero-order valence-electron chi connectivity index (χ0n) is 15.1. The number of halogens is 1. The van der Waals surface area contributed by atoms with Gasteiger partial charge in [-0.2, -0.15) is 0 Å². The maximum absolute atomic E-state index is 12.0. The van der Waals surface area contributed by atoms with Crippen molar-refractivity contribution in [1.29, 1.82) is 0 Å². The lowest BCUT2D eigenvalue weighted by Crippen LogP contribution is -2.45. The van der Waals surface area contributed by atoms with Crippen molar-refractivity contribution < 1.29 is 19.1 Å². The Balaban J connectivity index is 1.68. The fraction of sp³-hybridized carbons (Fsp3) is 0.526. The standard InChI is InChI=1S/C19H25ClN2O4/c1-12-4-3-5-16(13(12)2)22-17(23)11-26-18(24)10-21-19(25)14-6-8-15(20)9-7-14/h6-9,12-13,16H,3-5,10-11H2,1-2H3,(H,21,25)(H,22,23)/t12-,13-,16+/m1/s1. The summed E-state index contributed by atoms with van der Waals surface area (Å²) in [5.74, 6) is -0.407. The molecule has 7 heteroatoms. The molecule has 0 unspecified atom stereocenters. The van der Waals surface area contributed by atoms with Crippen LogP contribution in [0.4, 0.5) is 0 Å². The molecule has 1 aromatic rings.